The smallest absolute Gasteiger partial charge is 0.279 e. The lowest BCUT2D eigenvalue weighted by atomic mass is 10.3. The van der Waals surface area contributed by atoms with Crippen molar-refractivity contribution in [2.24, 2.45) is 0 Å². The van der Waals surface area contributed by atoms with Crippen molar-refractivity contribution in [2.45, 2.75) is 4.90 Å². The third kappa shape index (κ3) is 4.01. The van der Waals surface area contributed by atoms with Crippen molar-refractivity contribution in [1.29, 1.82) is 0 Å². The Bertz CT molecular complexity index is 599. The fourth-order valence-corrected chi connectivity index (χ4v) is 2.72. The van der Waals surface area contributed by atoms with Crippen LogP contribution in [0.2, 0.25) is 0 Å². The second-order valence-corrected chi connectivity index (χ2v) is 5.70. The molecule has 0 atom stereocenters. The molecule has 1 aromatic carbocycles. The van der Waals surface area contributed by atoms with Gasteiger partial charge in [-0.2, -0.15) is 0 Å². The molecule has 20 heavy (non-hydrogen) atoms. The summed E-state index contributed by atoms with van der Waals surface area (Å²) in [5.41, 5.74) is 4.66. The molecule has 0 spiro atoms. The maximum Gasteiger partial charge on any atom is 0.279 e. The maximum absolute atomic E-state index is 11.6. The summed E-state index contributed by atoms with van der Waals surface area (Å²) in [6, 6.07) is 10.2. The Morgan fingerprint density at radius 2 is 1.95 bits per heavy atom. The lowest BCUT2D eigenvalue weighted by Crippen LogP contribution is -2.42. The molecule has 0 aliphatic rings. The van der Waals surface area contributed by atoms with E-state index in [9.17, 15) is 14.7 Å². The highest BCUT2D eigenvalue weighted by Gasteiger charge is 2.09. The number of aromatic hydroxyl groups is 1. The van der Waals surface area contributed by atoms with Crippen LogP contribution >= 0.6 is 23.1 Å². The van der Waals surface area contributed by atoms with Crippen LogP contribution in [0.4, 0.5) is 0 Å². The molecule has 5 nitrogen and oxygen atoms in total. The van der Waals surface area contributed by atoms with Crippen LogP contribution in [-0.2, 0) is 4.79 Å². The Labute approximate surface area is 124 Å². The van der Waals surface area contributed by atoms with Crippen LogP contribution in [0.1, 0.15) is 9.67 Å². The van der Waals surface area contributed by atoms with E-state index >= 15 is 0 Å². The van der Waals surface area contributed by atoms with Gasteiger partial charge in [0, 0.05) is 4.90 Å². The molecular weight excluding hydrogens is 296 g/mol. The Morgan fingerprint density at radius 3 is 2.65 bits per heavy atom. The zero-order valence-corrected chi connectivity index (χ0v) is 12.0. The second-order valence-electron chi connectivity index (χ2n) is 3.74. The van der Waals surface area contributed by atoms with Crippen LogP contribution in [0.25, 0.3) is 0 Å². The number of carbonyl (C=O) groups excluding carboxylic acids is 2. The van der Waals surface area contributed by atoms with Crippen molar-refractivity contribution in [1.82, 2.24) is 10.9 Å². The molecule has 0 aliphatic heterocycles. The number of nitrogens with one attached hydrogen (secondary N) is 2. The molecule has 0 radical (unpaired) electrons. The second kappa shape index (κ2) is 6.97. The van der Waals surface area contributed by atoms with E-state index in [1.54, 1.807) is 41.8 Å². The molecule has 0 saturated carbocycles. The van der Waals surface area contributed by atoms with Gasteiger partial charge in [0.1, 0.15) is 5.75 Å². The van der Waals surface area contributed by atoms with Gasteiger partial charge in [-0.3, -0.25) is 20.4 Å². The summed E-state index contributed by atoms with van der Waals surface area (Å²) < 4.78 is 0. The SMILES string of the molecule is O=C(CSc1ccccc1O)NNC(=O)c1cccs1. The van der Waals surface area contributed by atoms with Crippen molar-refractivity contribution in [3.63, 3.8) is 0 Å². The topological polar surface area (TPSA) is 78.4 Å². The van der Waals surface area contributed by atoms with E-state index in [1.165, 1.54) is 23.1 Å². The number of phenolic OH excluding ortho intramolecular Hbond substituents is 1. The summed E-state index contributed by atoms with van der Waals surface area (Å²) in [5, 5.41) is 11.3. The van der Waals surface area contributed by atoms with Crippen molar-refractivity contribution >= 4 is 34.9 Å². The van der Waals surface area contributed by atoms with E-state index in [4.69, 9.17) is 0 Å². The third-order valence-corrected chi connectivity index (χ3v) is 4.22. The number of amides is 2. The molecule has 0 bridgehead atoms. The van der Waals surface area contributed by atoms with Crippen molar-refractivity contribution in [3.8, 4) is 5.75 Å². The number of hydrogen-bond donors (Lipinski definition) is 3. The Morgan fingerprint density at radius 1 is 1.15 bits per heavy atom. The van der Waals surface area contributed by atoms with Crippen molar-refractivity contribution < 1.29 is 14.7 Å². The van der Waals surface area contributed by atoms with Crippen LogP contribution in [-0.4, -0.2) is 22.7 Å². The first-order valence-electron chi connectivity index (χ1n) is 5.70. The highest BCUT2D eigenvalue weighted by Crippen LogP contribution is 2.27. The molecule has 3 N–H and O–H groups in total. The molecule has 1 aromatic heterocycles. The van der Waals surface area contributed by atoms with Gasteiger partial charge in [0.25, 0.3) is 5.91 Å². The molecule has 2 aromatic rings. The van der Waals surface area contributed by atoms with E-state index < -0.39 is 0 Å². The highest BCUT2D eigenvalue weighted by atomic mass is 32.2. The zero-order chi connectivity index (χ0) is 14.4. The average molecular weight is 308 g/mol. The van der Waals surface area contributed by atoms with Gasteiger partial charge in [0.2, 0.25) is 5.91 Å². The lowest BCUT2D eigenvalue weighted by Gasteiger charge is -2.06. The van der Waals surface area contributed by atoms with Gasteiger partial charge < -0.3 is 5.11 Å². The number of para-hydroxylation sites is 1. The Balaban J connectivity index is 1.76. The minimum absolute atomic E-state index is 0.0995. The maximum atomic E-state index is 11.6. The van der Waals surface area contributed by atoms with Crippen molar-refractivity contribution in [3.05, 3.63) is 46.7 Å². The zero-order valence-electron chi connectivity index (χ0n) is 10.3. The molecule has 7 heteroatoms. The molecule has 0 unspecified atom stereocenters. The van der Waals surface area contributed by atoms with Crippen LogP contribution < -0.4 is 10.9 Å². The fraction of sp³-hybridized carbons (Fsp3) is 0.0769. The first-order chi connectivity index (χ1) is 9.66. The van der Waals surface area contributed by atoms with Crippen LogP contribution in [0.15, 0.2) is 46.7 Å². The van der Waals surface area contributed by atoms with Gasteiger partial charge >= 0.3 is 0 Å². The summed E-state index contributed by atoms with van der Waals surface area (Å²) in [5.74, 6) is -0.459. The molecule has 0 fully saturated rings. The van der Waals surface area contributed by atoms with Gasteiger partial charge in [0.05, 0.1) is 10.6 Å². The average Bonchev–Trinajstić information content (AvgIpc) is 2.98. The Hall–Kier alpha value is -1.99. The first-order valence-corrected chi connectivity index (χ1v) is 7.57. The summed E-state index contributed by atoms with van der Waals surface area (Å²) in [6.07, 6.45) is 0. The van der Waals surface area contributed by atoms with E-state index in [0.717, 1.165) is 0 Å². The van der Waals surface area contributed by atoms with E-state index in [0.29, 0.717) is 9.77 Å². The fourth-order valence-electron chi connectivity index (χ4n) is 1.35. The molecule has 1 heterocycles. The summed E-state index contributed by atoms with van der Waals surface area (Å²) in [7, 11) is 0. The number of thiophene rings is 1. The number of benzene rings is 1. The minimum atomic E-state index is -0.346. The molecule has 2 rings (SSSR count). The first kappa shape index (κ1) is 14.4. The van der Waals surface area contributed by atoms with Crippen molar-refractivity contribution in [2.75, 3.05) is 5.75 Å². The van der Waals surface area contributed by atoms with Gasteiger partial charge in [0.15, 0.2) is 0 Å². The van der Waals surface area contributed by atoms with E-state index in [2.05, 4.69) is 10.9 Å². The molecule has 2 amide bonds. The summed E-state index contributed by atoms with van der Waals surface area (Å²) in [4.78, 5) is 24.3. The number of hydrazine groups is 1. The highest BCUT2D eigenvalue weighted by molar-refractivity contribution is 8.00. The quantitative estimate of drug-likeness (QED) is 0.596. The molecule has 0 aliphatic carbocycles. The molecular formula is C13H12N2O3S2. The third-order valence-electron chi connectivity index (χ3n) is 2.28. The monoisotopic (exact) mass is 308 g/mol. The number of rotatable bonds is 4. The van der Waals surface area contributed by atoms with Gasteiger partial charge in [-0.1, -0.05) is 18.2 Å². The Kier molecular flexibility index (Phi) is 5.03. The van der Waals surface area contributed by atoms with Crippen LogP contribution in [0, 0.1) is 0 Å². The number of hydrogen-bond acceptors (Lipinski definition) is 5. The van der Waals surface area contributed by atoms with Gasteiger partial charge in [-0.25, -0.2) is 0 Å². The lowest BCUT2D eigenvalue weighted by molar-refractivity contribution is -0.119. The number of carbonyl (C=O) groups is 2. The number of phenols is 1. The number of thioether (sulfide) groups is 1. The predicted octanol–water partition coefficient (Wildman–Crippen LogP) is 2.01. The molecule has 104 valence electrons. The van der Waals surface area contributed by atoms with Gasteiger partial charge in [-0.05, 0) is 23.6 Å². The van der Waals surface area contributed by atoms with E-state index in [-0.39, 0.29) is 23.3 Å². The predicted molar refractivity (Wildman–Crippen MR) is 78.8 cm³/mol. The summed E-state index contributed by atoms with van der Waals surface area (Å²) in [6.45, 7) is 0. The van der Waals surface area contributed by atoms with E-state index in [1.807, 2.05) is 0 Å². The largest absolute Gasteiger partial charge is 0.507 e. The minimum Gasteiger partial charge on any atom is -0.507 e. The van der Waals surface area contributed by atoms with Crippen LogP contribution in [0.3, 0.4) is 0 Å². The van der Waals surface area contributed by atoms with Gasteiger partial charge in [-0.15, -0.1) is 23.1 Å². The standard InChI is InChI=1S/C13H12N2O3S2/c16-9-4-1-2-5-10(9)20-8-12(17)14-15-13(18)11-6-3-7-19-11/h1-7,16H,8H2,(H,14,17)(H,15,18). The molecule has 0 saturated heterocycles. The summed E-state index contributed by atoms with van der Waals surface area (Å²) >= 11 is 2.49. The van der Waals surface area contributed by atoms with Crippen LogP contribution in [0.5, 0.6) is 5.75 Å². The normalized spacial score (nSPS) is 10.0.